The van der Waals surface area contributed by atoms with Crippen LogP contribution in [0.3, 0.4) is 0 Å². The molecule has 0 aliphatic rings. The highest BCUT2D eigenvalue weighted by Gasteiger charge is 2.00. The van der Waals surface area contributed by atoms with E-state index in [2.05, 4.69) is 10.4 Å². The molecule has 0 saturated heterocycles. The lowest BCUT2D eigenvalue weighted by Gasteiger charge is -1.98. The van der Waals surface area contributed by atoms with Crippen LogP contribution in [0.4, 0.5) is 0 Å². The van der Waals surface area contributed by atoms with Crippen molar-refractivity contribution in [3.8, 4) is 0 Å². The molecule has 0 amide bonds. The zero-order valence-corrected chi connectivity index (χ0v) is 8.90. The van der Waals surface area contributed by atoms with Crippen LogP contribution in [0, 0.1) is 6.92 Å². The van der Waals surface area contributed by atoms with E-state index in [0.717, 1.165) is 17.3 Å². The van der Waals surface area contributed by atoms with E-state index in [-0.39, 0.29) is 0 Å². The highest BCUT2D eigenvalue weighted by atomic mass is 16.4. The molecule has 0 aliphatic heterocycles. The Labute approximate surface area is 88.4 Å². The third-order valence-corrected chi connectivity index (χ3v) is 1.95. The normalized spacial score (nSPS) is 11.1. The third-order valence-electron chi connectivity index (χ3n) is 1.95. The molecule has 0 aromatic carbocycles. The second-order valence-electron chi connectivity index (χ2n) is 3.28. The molecule has 1 aromatic heterocycles. The number of aryl methyl sites for hydroxylation is 2. The number of rotatable bonds is 5. The van der Waals surface area contributed by atoms with Crippen molar-refractivity contribution in [2.45, 2.75) is 13.5 Å². The first-order valence-electron chi connectivity index (χ1n) is 4.69. The predicted molar refractivity (Wildman–Crippen MR) is 56.4 cm³/mol. The molecule has 0 spiro atoms. The van der Waals surface area contributed by atoms with Crippen LogP contribution in [0.5, 0.6) is 0 Å². The average molecular weight is 209 g/mol. The monoisotopic (exact) mass is 209 g/mol. The zero-order valence-electron chi connectivity index (χ0n) is 8.90. The van der Waals surface area contributed by atoms with Crippen molar-refractivity contribution < 1.29 is 9.90 Å². The van der Waals surface area contributed by atoms with Crippen LogP contribution >= 0.6 is 0 Å². The molecule has 2 N–H and O–H groups in total. The van der Waals surface area contributed by atoms with Gasteiger partial charge in [0.05, 0.1) is 5.69 Å². The molecule has 15 heavy (non-hydrogen) atoms. The molecule has 0 unspecified atom stereocenters. The topological polar surface area (TPSA) is 67.2 Å². The number of aromatic nitrogens is 2. The number of nitrogens with zero attached hydrogens (tertiary/aromatic N) is 2. The summed E-state index contributed by atoms with van der Waals surface area (Å²) in [6.45, 7) is 3.19. The van der Waals surface area contributed by atoms with Gasteiger partial charge >= 0.3 is 5.97 Å². The van der Waals surface area contributed by atoms with Gasteiger partial charge in [-0.05, 0) is 6.92 Å². The highest BCUT2D eigenvalue weighted by Crippen LogP contribution is 2.03. The lowest BCUT2D eigenvalue weighted by Crippen LogP contribution is -2.13. The van der Waals surface area contributed by atoms with Gasteiger partial charge in [-0.15, -0.1) is 0 Å². The van der Waals surface area contributed by atoms with Crippen molar-refractivity contribution >= 4 is 5.97 Å². The summed E-state index contributed by atoms with van der Waals surface area (Å²) in [6, 6.07) is 0. The largest absolute Gasteiger partial charge is 0.478 e. The van der Waals surface area contributed by atoms with Crippen LogP contribution in [-0.4, -0.2) is 27.4 Å². The molecule has 5 nitrogen and oxygen atoms in total. The van der Waals surface area contributed by atoms with Gasteiger partial charge in [-0.1, -0.05) is 6.08 Å². The van der Waals surface area contributed by atoms with Crippen molar-refractivity contribution in [1.29, 1.82) is 0 Å². The molecule has 5 heteroatoms. The van der Waals surface area contributed by atoms with Crippen LogP contribution in [-0.2, 0) is 18.4 Å². The van der Waals surface area contributed by atoms with Crippen LogP contribution in [0.25, 0.3) is 0 Å². The molecule has 0 atom stereocenters. The van der Waals surface area contributed by atoms with E-state index in [9.17, 15) is 4.79 Å². The van der Waals surface area contributed by atoms with Crippen molar-refractivity contribution in [3.63, 3.8) is 0 Å². The molecular formula is C10H15N3O2. The van der Waals surface area contributed by atoms with Crippen molar-refractivity contribution in [2.75, 3.05) is 6.54 Å². The average Bonchev–Trinajstić information content (AvgIpc) is 2.44. The van der Waals surface area contributed by atoms with Gasteiger partial charge in [0.15, 0.2) is 0 Å². The zero-order chi connectivity index (χ0) is 11.3. The number of carbonyl (C=O) groups is 1. The van der Waals surface area contributed by atoms with E-state index < -0.39 is 5.97 Å². The van der Waals surface area contributed by atoms with Gasteiger partial charge in [-0.2, -0.15) is 5.10 Å². The minimum absolute atomic E-state index is 0.542. The Hall–Kier alpha value is -1.62. The number of hydrogen-bond donors (Lipinski definition) is 2. The molecule has 1 heterocycles. The number of carboxylic acid groups (broad SMARTS) is 1. The van der Waals surface area contributed by atoms with Crippen LogP contribution in [0.2, 0.25) is 0 Å². The number of carboxylic acids is 1. The van der Waals surface area contributed by atoms with Crippen LogP contribution in [0.15, 0.2) is 18.3 Å². The minimum atomic E-state index is -0.922. The first-order valence-corrected chi connectivity index (χ1v) is 4.69. The number of aliphatic carboxylic acids is 1. The van der Waals surface area contributed by atoms with E-state index >= 15 is 0 Å². The summed E-state index contributed by atoms with van der Waals surface area (Å²) in [5.74, 6) is -0.922. The molecule has 0 saturated carbocycles. The molecule has 0 fully saturated rings. The fourth-order valence-electron chi connectivity index (χ4n) is 1.27. The molecule has 1 aromatic rings. The Morgan fingerprint density at radius 3 is 3.00 bits per heavy atom. The van der Waals surface area contributed by atoms with E-state index in [0.29, 0.717) is 13.1 Å². The predicted octanol–water partition coefficient (Wildman–Crippen LogP) is 0.459. The highest BCUT2D eigenvalue weighted by molar-refractivity contribution is 5.79. The van der Waals surface area contributed by atoms with Gasteiger partial charge < -0.3 is 10.4 Å². The van der Waals surface area contributed by atoms with Crippen molar-refractivity contribution in [1.82, 2.24) is 15.1 Å². The SMILES string of the molecule is Cc1nn(C)cc1CNC/C=C/C(=O)O. The first-order chi connectivity index (χ1) is 7.09. The number of hydrogen-bond acceptors (Lipinski definition) is 3. The second kappa shape index (κ2) is 5.31. The summed E-state index contributed by atoms with van der Waals surface area (Å²) >= 11 is 0. The maximum absolute atomic E-state index is 10.2. The van der Waals surface area contributed by atoms with Gasteiger partial charge in [0.2, 0.25) is 0 Å². The lowest BCUT2D eigenvalue weighted by atomic mass is 10.2. The Bertz CT molecular complexity index is 369. The Morgan fingerprint density at radius 1 is 1.73 bits per heavy atom. The van der Waals surface area contributed by atoms with E-state index in [4.69, 9.17) is 5.11 Å². The van der Waals surface area contributed by atoms with Gasteiger partial charge in [-0.3, -0.25) is 4.68 Å². The van der Waals surface area contributed by atoms with E-state index in [1.165, 1.54) is 0 Å². The van der Waals surface area contributed by atoms with Crippen LogP contribution < -0.4 is 5.32 Å². The van der Waals surface area contributed by atoms with Gasteiger partial charge in [-0.25, -0.2) is 4.79 Å². The Kier molecular flexibility index (Phi) is 4.05. The third kappa shape index (κ3) is 3.95. The quantitative estimate of drug-likeness (QED) is 0.546. The summed E-state index contributed by atoms with van der Waals surface area (Å²) in [4.78, 5) is 10.2. The molecule has 0 aliphatic carbocycles. The Morgan fingerprint density at radius 2 is 2.47 bits per heavy atom. The maximum atomic E-state index is 10.2. The molecular weight excluding hydrogens is 194 g/mol. The first kappa shape index (κ1) is 11.5. The van der Waals surface area contributed by atoms with Gasteiger partial charge in [0, 0.05) is 38.0 Å². The molecule has 1 rings (SSSR count). The fraction of sp³-hybridized carbons (Fsp3) is 0.400. The number of nitrogens with one attached hydrogen (secondary N) is 1. The Balaban J connectivity index is 2.32. The van der Waals surface area contributed by atoms with E-state index in [1.807, 2.05) is 20.2 Å². The molecule has 82 valence electrons. The summed E-state index contributed by atoms with van der Waals surface area (Å²) in [7, 11) is 1.88. The fourth-order valence-corrected chi connectivity index (χ4v) is 1.27. The minimum Gasteiger partial charge on any atom is -0.478 e. The standard InChI is InChI=1S/C10H15N3O2/c1-8-9(7-13(2)12-8)6-11-5-3-4-10(14)15/h3-4,7,11H,5-6H2,1-2H3,(H,14,15)/b4-3+. The van der Waals surface area contributed by atoms with Crippen molar-refractivity contribution in [3.05, 3.63) is 29.6 Å². The van der Waals surface area contributed by atoms with E-state index in [1.54, 1.807) is 10.8 Å². The van der Waals surface area contributed by atoms with Gasteiger partial charge in [0.1, 0.15) is 0 Å². The molecule has 0 radical (unpaired) electrons. The smallest absolute Gasteiger partial charge is 0.328 e. The summed E-state index contributed by atoms with van der Waals surface area (Å²) in [6.07, 6.45) is 4.65. The van der Waals surface area contributed by atoms with Crippen LogP contribution in [0.1, 0.15) is 11.3 Å². The second-order valence-corrected chi connectivity index (χ2v) is 3.28. The lowest BCUT2D eigenvalue weighted by molar-refractivity contribution is -0.131. The van der Waals surface area contributed by atoms with Crippen molar-refractivity contribution in [2.24, 2.45) is 7.05 Å². The van der Waals surface area contributed by atoms with Gasteiger partial charge in [0.25, 0.3) is 0 Å². The summed E-state index contributed by atoms with van der Waals surface area (Å²) in [5.41, 5.74) is 2.12. The maximum Gasteiger partial charge on any atom is 0.328 e. The molecule has 0 bridgehead atoms. The summed E-state index contributed by atoms with van der Waals surface area (Å²) in [5, 5.41) is 15.7. The summed E-state index contributed by atoms with van der Waals surface area (Å²) < 4.78 is 1.76.